The van der Waals surface area contributed by atoms with E-state index in [2.05, 4.69) is 69.1 Å². The summed E-state index contributed by atoms with van der Waals surface area (Å²) in [4.78, 5) is 8.36. The van der Waals surface area contributed by atoms with E-state index in [9.17, 15) is 0 Å². The van der Waals surface area contributed by atoms with Crippen molar-refractivity contribution in [3.8, 4) is 5.88 Å². The molecular formula is C15H18IN3O. The molecule has 0 fully saturated rings. The van der Waals surface area contributed by atoms with Gasteiger partial charge in [0.1, 0.15) is 6.33 Å². The number of nitrogens with one attached hydrogen (secondary N) is 1. The van der Waals surface area contributed by atoms with E-state index in [1.54, 1.807) is 13.4 Å². The van der Waals surface area contributed by atoms with Gasteiger partial charge in [-0.05, 0) is 46.8 Å². The maximum absolute atomic E-state index is 5.15. The molecule has 1 heterocycles. The van der Waals surface area contributed by atoms with Crippen LogP contribution in [0.2, 0.25) is 0 Å². The van der Waals surface area contributed by atoms with Crippen LogP contribution in [-0.2, 0) is 6.42 Å². The number of rotatable bonds is 6. The molecule has 0 spiro atoms. The van der Waals surface area contributed by atoms with Gasteiger partial charge in [0, 0.05) is 27.8 Å². The smallest absolute Gasteiger partial charge is 0.216 e. The molecule has 1 N–H and O–H groups in total. The van der Waals surface area contributed by atoms with E-state index in [0.717, 1.165) is 18.7 Å². The third kappa shape index (κ3) is 4.14. The molecule has 0 radical (unpaired) electrons. The van der Waals surface area contributed by atoms with Gasteiger partial charge in [0.05, 0.1) is 7.11 Å². The summed E-state index contributed by atoms with van der Waals surface area (Å²) in [7, 11) is 1.62. The Kier molecular flexibility index (Phi) is 5.72. The minimum atomic E-state index is 0.247. The number of ether oxygens (including phenoxy) is 1. The van der Waals surface area contributed by atoms with E-state index in [4.69, 9.17) is 4.74 Å². The standard InChI is InChI=1S/C15H18IN3O/c1-3-17-14(11-4-6-12(16)7-5-11)8-13-9-15(20-2)19-10-18-13/h4-7,9-10,14,17H,3,8H2,1-2H3. The number of aromatic nitrogens is 2. The SMILES string of the molecule is CCNC(Cc1cc(OC)ncn1)c1ccc(I)cc1. The molecule has 106 valence electrons. The normalized spacial score (nSPS) is 12.2. The zero-order valence-electron chi connectivity index (χ0n) is 11.6. The van der Waals surface area contributed by atoms with Crippen molar-refractivity contribution >= 4 is 22.6 Å². The van der Waals surface area contributed by atoms with Gasteiger partial charge >= 0.3 is 0 Å². The van der Waals surface area contributed by atoms with Crippen LogP contribution in [0.15, 0.2) is 36.7 Å². The molecule has 1 aromatic heterocycles. The highest BCUT2D eigenvalue weighted by Crippen LogP contribution is 2.20. The number of hydrogen-bond donors (Lipinski definition) is 1. The van der Waals surface area contributed by atoms with Crippen molar-refractivity contribution in [1.29, 1.82) is 0 Å². The zero-order valence-corrected chi connectivity index (χ0v) is 13.8. The Morgan fingerprint density at radius 2 is 2.00 bits per heavy atom. The van der Waals surface area contributed by atoms with Crippen LogP contribution < -0.4 is 10.1 Å². The molecule has 0 bridgehead atoms. The number of halogens is 1. The summed E-state index contributed by atoms with van der Waals surface area (Å²) >= 11 is 2.32. The predicted octanol–water partition coefficient (Wildman–Crippen LogP) is 2.98. The Bertz CT molecular complexity index is 545. The van der Waals surface area contributed by atoms with Crippen molar-refractivity contribution in [1.82, 2.24) is 15.3 Å². The van der Waals surface area contributed by atoms with Crippen LogP contribution in [0.3, 0.4) is 0 Å². The van der Waals surface area contributed by atoms with Gasteiger partial charge in [0.15, 0.2) is 0 Å². The molecule has 0 aliphatic carbocycles. The van der Waals surface area contributed by atoms with E-state index in [1.807, 2.05) is 6.07 Å². The van der Waals surface area contributed by atoms with Crippen LogP contribution in [0.5, 0.6) is 5.88 Å². The van der Waals surface area contributed by atoms with Crippen LogP contribution >= 0.6 is 22.6 Å². The molecule has 0 saturated heterocycles. The van der Waals surface area contributed by atoms with E-state index in [0.29, 0.717) is 5.88 Å². The Labute approximate surface area is 133 Å². The van der Waals surface area contributed by atoms with E-state index < -0.39 is 0 Å². The van der Waals surface area contributed by atoms with Gasteiger partial charge in [-0.15, -0.1) is 0 Å². The fraction of sp³-hybridized carbons (Fsp3) is 0.333. The topological polar surface area (TPSA) is 47.0 Å². The van der Waals surface area contributed by atoms with Gasteiger partial charge in [-0.1, -0.05) is 19.1 Å². The van der Waals surface area contributed by atoms with Crippen LogP contribution in [0.1, 0.15) is 24.2 Å². The molecule has 2 aromatic rings. The minimum absolute atomic E-state index is 0.247. The fourth-order valence-electron chi connectivity index (χ4n) is 2.06. The third-order valence-electron chi connectivity index (χ3n) is 3.04. The second-order valence-electron chi connectivity index (χ2n) is 4.42. The monoisotopic (exact) mass is 383 g/mol. The number of hydrogen-bond acceptors (Lipinski definition) is 4. The summed E-state index contributed by atoms with van der Waals surface area (Å²) in [6, 6.07) is 10.7. The van der Waals surface area contributed by atoms with Crippen molar-refractivity contribution in [2.45, 2.75) is 19.4 Å². The second kappa shape index (κ2) is 7.54. The Morgan fingerprint density at radius 1 is 1.25 bits per heavy atom. The average molecular weight is 383 g/mol. The van der Waals surface area contributed by atoms with Gasteiger partial charge in [0.25, 0.3) is 0 Å². The fourth-order valence-corrected chi connectivity index (χ4v) is 2.42. The summed E-state index contributed by atoms with van der Waals surface area (Å²) in [5.74, 6) is 0.604. The molecule has 5 heteroatoms. The molecule has 0 saturated carbocycles. The largest absolute Gasteiger partial charge is 0.481 e. The summed E-state index contributed by atoms with van der Waals surface area (Å²) in [5.41, 5.74) is 2.24. The van der Waals surface area contributed by atoms with E-state index in [-0.39, 0.29) is 6.04 Å². The molecule has 0 aliphatic rings. The van der Waals surface area contributed by atoms with Gasteiger partial charge in [-0.25, -0.2) is 9.97 Å². The molecule has 20 heavy (non-hydrogen) atoms. The van der Waals surface area contributed by atoms with Gasteiger partial charge in [0.2, 0.25) is 5.88 Å². The van der Waals surface area contributed by atoms with Crippen molar-refractivity contribution in [3.05, 3.63) is 51.5 Å². The first-order chi connectivity index (χ1) is 9.72. The molecule has 1 atom stereocenters. The van der Waals surface area contributed by atoms with Crippen LogP contribution in [0.4, 0.5) is 0 Å². The molecule has 1 unspecified atom stereocenters. The van der Waals surface area contributed by atoms with E-state index >= 15 is 0 Å². The first kappa shape index (κ1) is 15.2. The molecular weight excluding hydrogens is 365 g/mol. The summed E-state index contributed by atoms with van der Waals surface area (Å²) < 4.78 is 6.39. The lowest BCUT2D eigenvalue weighted by Gasteiger charge is -2.18. The van der Waals surface area contributed by atoms with Crippen molar-refractivity contribution in [2.24, 2.45) is 0 Å². The highest BCUT2D eigenvalue weighted by atomic mass is 127. The lowest BCUT2D eigenvalue weighted by Crippen LogP contribution is -2.23. The first-order valence-electron chi connectivity index (χ1n) is 6.56. The number of nitrogens with zero attached hydrogens (tertiary/aromatic N) is 2. The van der Waals surface area contributed by atoms with Gasteiger partial charge in [-0.3, -0.25) is 0 Å². The van der Waals surface area contributed by atoms with Crippen LogP contribution in [-0.4, -0.2) is 23.6 Å². The highest BCUT2D eigenvalue weighted by Gasteiger charge is 2.12. The third-order valence-corrected chi connectivity index (χ3v) is 3.76. The van der Waals surface area contributed by atoms with Crippen LogP contribution in [0, 0.1) is 3.57 Å². The minimum Gasteiger partial charge on any atom is -0.481 e. The number of likely N-dealkylation sites (N-methyl/N-ethyl adjacent to an activating group) is 1. The van der Waals surface area contributed by atoms with Crippen molar-refractivity contribution in [2.75, 3.05) is 13.7 Å². The Morgan fingerprint density at radius 3 is 2.65 bits per heavy atom. The molecule has 0 amide bonds. The average Bonchev–Trinajstić information content (AvgIpc) is 2.48. The molecule has 1 aromatic carbocycles. The maximum Gasteiger partial charge on any atom is 0.216 e. The van der Waals surface area contributed by atoms with Gasteiger partial charge in [-0.2, -0.15) is 0 Å². The predicted molar refractivity (Wildman–Crippen MR) is 87.9 cm³/mol. The van der Waals surface area contributed by atoms with Gasteiger partial charge < -0.3 is 10.1 Å². The molecule has 0 aliphatic heterocycles. The lowest BCUT2D eigenvalue weighted by atomic mass is 10.0. The zero-order chi connectivity index (χ0) is 14.4. The number of benzene rings is 1. The van der Waals surface area contributed by atoms with Crippen LogP contribution in [0.25, 0.3) is 0 Å². The summed E-state index contributed by atoms with van der Waals surface area (Å²) in [6.07, 6.45) is 2.36. The lowest BCUT2D eigenvalue weighted by molar-refractivity contribution is 0.395. The summed E-state index contributed by atoms with van der Waals surface area (Å²) in [5, 5.41) is 3.50. The molecule has 4 nitrogen and oxygen atoms in total. The highest BCUT2D eigenvalue weighted by molar-refractivity contribution is 14.1. The van der Waals surface area contributed by atoms with Crippen molar-refractivity contribution in [3.63, 3.8) is 0 Å². The van der Waals surface area contributed by atoms with E-state index in [1.165, 1.54) is 9.13 Å². The molecule has 2 rings (SSSR count). The maximum atomic E-state index is 5.15. The Balaban J connectivity index is 2.18. The second-order valence-corrected chi connectivity index (χ2v) is 5.66. The quantitative estimate of drug-likeness (QED) is 0.780. The Hall–Kier alpha value is -1.21. The first-order valence-corrected chi connectivity index (χ1v) is 7.64. The summed E-state index contributed by atoms with van der Waals surface area (Å²) in [6.45, 7) is 3.03. The van der Waals surface area contributed by atoms with Crippen molar-refractivity contribution < 1.29 is 4.74 Å². The number of methoxy groups -OCH3 is 1.